The van der Waals surface area contributed by atoms with Gasteiger partial charge in [0, 0.05) is 17.1 Å². The van der Waals surface area contributed by atoms with Crippen molar-refractivity contribution in [1.82, 2.24) is 4.90 Å². The van der Waals surface area contributed by atoms with Crippen LogP contribution in [0.3, 0.4) is 0 Å². The Hall–Kier alpha value is -0.770. The van der Waals surface area contributed by atoms with Gasteiger partial charge in [-0.25, -0.2) is 0 Å². The Bertz CT molecular complexity index is 410. The first-order valence-corrected chi connectivity index (χ1v) is 5.25. The number of β-lactam (4-membered cyclic amide) rings is 1. The second-order valence-corrected chi connectivity index (χ2v) is 4.43. The highest BCUT2D eigenvalue weighted by Gasteiger charge is 2.43. The lowest BCUT2D eigenvalue weighted by Gasteiger charge is -2.43. The summed E-state index contributed by atoms with van der Waals surface area (Å²) in [6.07, 6.45) is 0. The lowest BCUT2D eigenvalue weighted by atomic mass is 9.90. The van der Waals surface area contributed by atoms with E-state index < -0.39 is 6.04 Å². The minimum absolute atomic E-state index is 0.0639. The molecule has 1 aliphatic rings. The summed E-state index contributed by atoms with van der Waals surface area (Å²) >= 11 is 11.8. The highest BCUT2D eigenvalue weighted by molar-refractivity contribution is 6.35. The van der Waals surface area contributed by atoms with E-state index in [1.165, 1.54) is 0 Å². The molecule has 5 heteroatoms. The zero-order valence-electron chi connectivity index (χ0n) is 8.08. The van der Waals surface area contributed by atoms with Crippen LogP contribution in [-0.4, -0.2) is 23.9 Å². The predicted molar refractivity (Wildman–Crippen MR) is 59.9 cm³/mol. The zero-order valence-corrected chi connectivity index (χ0v) is 9.59. The van der Waals surface area contributed by atoms with Crippen LogP contribution in [0.4, 0.5) is 0 Å². The fourth-order valence-electron chi connectivity index (χ4n) is 1.81. The number of likely N-dealkylation sites (tertiary alicyclic amines) is 1. The number of hydrogen-bond donors (Lipinski definition) is 1. The summed E-state index contributed by atoms with van der Waals surface area (Å²) in [5.41, 5.74) is 6.56. The molecule has 1 saturated heterocycles. The normalized spacial score (nSPS) is 25.3. The van der Waals surface area contributed by atoms with Crippen LogP contribution in [-0.2, 0) is 4.79 Å². The van der Waals surface area contributed by atoms with E-state index in [0.29, 0.717) is 10.0 Å². The van der Waals surface area contributed by atoms with E-state index in [2.05, 4.69) is 0 Å². The van der Waals surface area contributed by atoms with Gasteiger partial charge in [0.15, 0.2) is 0 Å². The first-order valence-electron chi connectivity index (χ1n) is 4.49. The van der Waals surface area contributed by atoms with Gasteiger partial charge in [-0.3, -0.25) is 4.79 Å². The fourth-order valence-corrected chi connectivity index (χ4v) is 2.33. The first kappa shape index (κ1) is 10.7. The minimum Gasteiger partial charge on any atom is -0.335 e. The Morgan fingerprint density at radius 3 is 2.60 bits per heavy atom. The van der Waals surface area contributed by atoms with Crippen LogP contribution >= 0.6 is 23.2 Å². The topological polar surface area (TPSA) is 46.3 Å². The Morgan fingerprint density at radius 2 is 2.07 bits per heavy atom. The molecule has 1 aromatic carbocycles. The van der Waals surface area contributed by atoms with Gasteiger partial charge in [-0.1, -0.05) is 29.3 Å². The van der Waals surface area contributed by atoms with Gasteiger partial charge in [-0.2, -0.15) is 0 Å². The highest BCUT2D eigenvalue weighted by atomic mass is 35.5. The van der Waals surface area contributed by atoms with Gasteiger partial charge in [0.1, 0.15) is 6.04 Å². The third-order valence-corrected chi connectivity index (χ3v) is 3.23. The molecule has 1 aromatic rings. The number of nitrogens with two attached hydrogens (primary N) is 1. The minimum atomic E-state index is -0.492. The SMILES string of the molecule is CN1C(=O)[C@@H](N)[C@@H]1c1ccc(Cl)cc1Cl. The van der Waals surface area contributed by atoms with E-state index in [4.69, 9.17) is 28.9 Å². The van der Waals surface area contributed by atoms with E-state index in [9.17, 15) is 4.79 Å². The van der Waals surface area contributed by atoms with Crippen molar-refractivity contribution in [2.75, 3.05) is 7.05 Å². The number of likely N-dealkylation sites (N-methyl/N-ethyl adjacent to an activating group) is 1. The van der Waals surface area contributed by atoms with Gasteiger partial charge >= 0.3 is 0 Å². The molecule has 1 amide bonds. The van der Waals surface area contributed by atoms with Crippen LogP contribution in [0, 0.1) is 0 Å². The molecule has 0 spiro atoms. The Morgan fingerprint density at radius 1 is 1.40 bits per heavy atom. The van der Waals surface area contributed by atoms with Crippen LogP contribution in [0.15, 0.2) is 18.2 Å². The number of rotatable bonds is 1. The van der Waals surface area contributed by atoms with Crippen LogP contribution in [0.5, 0.6) is 0 Å². The largest absolute Gasteiger partial charge is 0.335 e. The summed E-state index contributed by atoms with van der Waals surface area (Å²) in [5, 5.41) is 1.12. The zero-order chi connectivity index (χ0) is 11.2. The smallest absolute Gasteiger partial charge is 0.242 e. The summed E-state index contributed by atoms with van der Waals surface area (Å²) in [6.45, 7) is 0. The number of hydrogen-bond acceptors (Lipinski definition) is 2. The summed E-state index contributed by atoms with van der Waals surface area (Å²) in [4.78, 5) is 12.8. The quantitative estimate of drug-likeness (QED) is 0.767. The van der Waals surface area contributed by atoms with Crippen LogP contribution in [0.25, 0.3) is 0 Å². The fraction of sp³-hybridized carbons (Fsp3) is 0.300. The number of nitrogens with zero attached hydrogens (tertiary/aromatic N) is 1. The third-order valence-electron chi connectivity index (χ3n) is 2.67. The van der Waals surface area contributed by atoms with Crippen LogP contribution in [0.1, 0.15) is 11.6 Å². The highest BCUT2D eigenvalue weighted by Crippen LogP contribution is 2.36. The van der Waals surface area contributed by atoms with Gasteiger partial charge in [-0.15, -0.1) is 0 Å². The number of benzene rings is 1. The van der Waals surface area contributed by atoms with Gasteiger partial charge < -0.3 is 10.6 Å². The number of carbonyl (C=O) groups excluding carboxylic acids is 1. The molecule has 0 bridgehead atoms. The van der Waals surface area contributed by atoms with Gasteiger partial charge in [-0.05, 0) is 17.7 Å². The van der Waals surface area contributed by atoms with E-state index >= 15 is 0 Å². The summed E-state index contributed by atoms with van der Waals surface area (Å²) in [7, 11) is 1.71. The van der Waals surface area contributed by atoms with Crippen molar-refractivity contribution < 1.29 is 4.79 Å². The average Bonchev–Trinajstić information content (AvgIpc) is 2.21. The van der Waals surface area contributed by atoms with Crippen molar-refractivity contribution in [2.24, 2.45) is 5.73 Å². The van der Waals surface area contributed by atoms with E-state index in [1.807, 2.05) is 0 Å². The van der Waals surface area contributed by atoms with Gasteiger partial charge in [0.05, 0.1) is 6.04 Å². The molecule has 0 radical (unpaired) electrons. The van der Waals surface area contributed by atoms with Gasteiger partial charge in [0.25, 0.3) is 0 Å². The second-order valence-electron chi connectivity index (χ2n) is 3.59. The second kappa shape index (κ2) is 3.67. The number of carbonyl (C=O) groups is 1. The van der Waals surface area contributed by atoms with E-state index in [-0.39, 0.29) is 11.9 Å². The molecular formula is C10H10Cl2N2O. The maximum Gasteiger partial charge on any atom is 0.242 e. The summed E-state index contributed by atoms with van der Waals surface area (Å²) in [6, 6.07) is 4.57. The lowest BCUT2D eigenvalue weighted by molar-refractivity contribution is -0.146. The number of halogens is 2. The molecule has 2 N–H and O–H groups in total. The molecule has 1 heterocycles. The molecule has 1 fully saturated rings. The van der Waals surface area contributed by atoms with Crippen LogP contribution < -0.4 is 5.73 Å². The molecule has 15 heavy (non-hydrogen) atoms. The first-order chi connectivity index (χ1) is 7.02. The summed E-state index contributed by atoms with van der Waals surface area (Å²) < 4.78 is 0. The molecule has 0 aliphatic carbocycles. The van der Waals surface area contributed by atoms with Crippen LogP contribution in [0.2, 0.25) is 10.0 Å². The summed E-state index contributed by atoms with van der Waals surface area (Å²) in [5.74, 6) is -0.0639. The van der Waals surface area contributed by atoms with Crippen molar-refractivity contribution in [3.05, 3.63) is 33.8 Å². The predicted octanol–water partition coefficient (Wildman–Crippen LogP) is 1.83. The molecule has 0 aromatic heterocycles. The molecule has 0 unspecified atom stereocenters. The van der Waals surface area contributed by atoms with E-state index in [1.54, 1.807) is 30.1 Å². The maximum atomic E-state index is 11.3. The third kappa shape index (κ3) is 1.61. The van der Waals surface area contributed by atoms with Crippen molar-refractivity contribution in [2.45, 2.75) is 12.1 Å². The lowest BCUT2D eigenvalue weighted by Crippen LogP contribution is -2.61. The molecule has 2 rings (SSSR count). The Kier molecular flexibility index (Phi) is 2.63. The van der Waals surface area contributed by atoms with Crippen molar-refractivity contribution in [3.8, 4) is 0 Å². The molecule has 0 saturated carbocycles. The molecule has 1 aliphatic heterocycles. The average molecular weight is 245 g/mol. The maximum absolute atomic E-state index is 11.3. The monoisotopic (exact) mass is 244 g/mol. The van der Waals surface area contributed by atoms with Crippen molar-refractivity contribution in [3.63, 3.8) is 0 Å². The standard InChI is InChI=1S/C10H10Cl2N2O/c1-14-9(8(13)10(14)15)6-3-2-5(11)4-7(6)12/h2-4,8-9H,13H2,1H3/t8-,9-/m0/s1. The molecule has 2 atom stereocenters. The van der Waals surface area contributed by atoms with Crippen molar-refractivity contribution >= 4 is 29.1 Å². The number of amides is 1. The Balaban J connectivity index is 2.35. The molecular weight excluding hydrogens is 235 g/mol. The molecule has 3 nitrogen and oxygen atoms in total. The van der Waals surface area contributed by atoms with Crippen molar-refractivity contribution in [1.29, 1.82) is 0 Å². The van der Waals surface area contributed by atoms with Gasteiger partial charge in [0.2, 0.25) is 5.91 Å². The Labute approximate surface area is 97.8 Å². The molecule has 80 valence electrons. The van der Waals surface area contributed by atoms with E-state index in [0.717, 1.165) is 5.56 Å².